The lowest BCUT2D eigenvalue weighted by Crippen LogP contribution is -2.15. The molecule has 3 aromatic rings. The molecule has 0 bridgehead atoms. The summed E-state index contributed by atoms with van der Waals surface area (Å²) < 4.78 is 62.8. The number of carbonyl (C=O) groups is 1. The van der Waals surface area contributed by atoms with Gasteiger partial charge in [-0.05, 0) is 43.3 Å². The summed E-state index contributed by atoms with van der Waals surface area (Å²) in [5.41, 5.74) is 0.805. The number of amides is 1. The van der Waals surface area contributed by atoms with Gasteiger partial charge in [0.15, 0.2) is 0 Å². The van der Waals surface area contributed by atoms with E-state index in [1.165, 1.54) is 60.3 Å². The van der Waals surface area contributed by atoms with Gasteiger partial charge in [0.2, 0.25) is 5.88 Å². The normalized spacial score (nSPS) is 11.5. The largest absolute Gasteiger partial charge is 0.480 e. The Morgan fingerprint density at radius 2 is 1.84 bits per heavy atom. The quantitative estimate of drug-likeness (QED) is 0.519. The molecule has 3 rings (SSSR count). The average Bonchev–Trinajstić information content (AvgIpc) is 3.04. The van der Waals surface area contributed by atoms with E-state index in [-0.39, 0.29) is 28.4 Å². The van der Waals surface area contributed by atoms with Crippen molar-refractivity contribution in [3.05, 3.63) is 65.4 Å². The van der Waals surface area contributed by atoms with Gasteiger partial charge < -0.3 is 14.8 Å². The highest BCUT2D eigenvalue weighted by Gasteiger charge is 2.26. The van der Waals surface area contributed by atoms with Crippen LogP contribution in [0.2, 0.25) is 0 Å². The molecule has 31 heavy (non-hydrogen) atoms. The maximum absolute atomic E-state index is 13.6. The van der Waals surface area contributed by atoms with E-state index in [4.69, 9.17) is 4.74 Å². The summed E-state index contributed by atoms with van der Waals surface area (Å²) in [4.78, 5) is 12.9. The molecule has 0 aliphatic carbocycles. The molecule has 0 aliphatic rings. The molecule has 1 aromatic heterocycles. The summed E-state index contributed by atoms with van der Waals surface area (Å²) in [5, 5.41) is 6.86. The fraction of sp³-hybridized carbons (Fsp3) is 0.238. The molecule has 1 N–H and O–H groups in total. The Balaban J connectivity index is 1.91. The van der Waals surface area contributed by atoms with Crippen molar-refractivity contribution in [3.8, 4) is 17.3 Å². The zero-order chi connectivity index (χ0) is 22.8. The van der Waals surface area contributed by atoms with E-state index in [2.05, 4.69) is 15.2 Å². The van der Waals surface area contributed by atoms with Gasteiger partial charge in [-0.25, -0.2) is 13.5 Å². The third kappa shape index (κ3) is 4.96. The standard InChI is InChI=1S/C21H19F4N3O3/c1-12-17(18(29)26-14-6-4-5-13(11-14)21(2,24)25)19(30-3)28(27-12)15-7-9-16(10-8-15)31-20(22)23/h4-11,20H,1-3H3,(H,26,29). The first kappa shape index (κ1) is 22.1. The van der Waals surface area contributed by atoms with E-state index < -0.39 is 18.4 Å². The lowest BCUT2D eigenvalue weighted by Gasteiger charge is -2.13. The van der Waals surface area contributed by atoms with Gasteiger partial charge in [0.1, 0.15) is 11.3 Å². The lowest BCUT2D eigenvalue weighted by atomic mass is 10.1. The molecule has 0 atom stereocenters. The van der Waals surface area contributed by atoms with Crippen LogP contribution in [-0.2, 0) is 5.92 Å². The van der Waals surface area contributed by atoms with Crippen LogP contribution in [0.15, 0.2) is 48.5 Å². The van der Waals surface area contributed by atoms with Crippen molar-refractivity contribution < 1.29 is 31.8 Å². The number of halogens is 4. The molecule has 6 nitrogen and oxygen atoms in total. The van der Waals surface area contributed by atoms with E-state index in [1.54, 1.807) is 6.92 Å². The number of rotatable bonds is 7. The van der Waals surface area contributed by atoms with Crippen molar-refractivity contribution in [2.45, 2.75) is 26.4 Å². The van der Waals surface area contributed by atoms with E-state index in [0.29, 0.717) is 11.4 Å². The maximum atomic E-state index is 13.6. The molecule has 0 saturated heterocycles. The minimum absolute atomic E-state index is 0.0350. The van der Waals surface area contributed by atoms with Gasteiger partial charge in [-0.15, -0.1) is 0 Å². The molecular weight excluding hydrogens is 418 g/mol. The molecule has 1 amide bonds. The summed E-state index contributed by atoms with van der Waals surface area (Å²) in [6, 6.07) is 11.0. The zero-order valence-electron chi connectivity index (χ0n) is 16.8. The number of carbonyl (C=O) groups excluding carboxylic acids is 1. The zero-order valence-corrected chi connectivity index (χ0v) is 16.8. The second-order valence-electron chi connectivity index (χ2n) is 6.68. The molecule has 0 saturated carbocycles. The topological polar surface area (TPSA) is 65.4 Å². The predicted octanol–water partition coefficient (Wildman–Crippen LogP) is 5.15. The van der Waals surface area contributed by atoms with E-state index >= 15 is 0 Å². The highest BCUT2D eigenvalue weighted by Crippen LogP contribution is 2.30. The van der Waals surface area contributed by atoms with Crippen LogP contribution in [-0.4, -0.2) is 29.4 Å². The molecule has 164 valence electrons. The van der Waals surface area contributed by atoms with E-state index in [0.717, 1.165) is 6.92 Å². The van der Waals surface area contributed by atoms with Crippen LogP contribution in [0.3, 0.4) is 0 Å². The molecule has 0 radical (unpaired) electrons. The van der Waals surface area contributed by atoms with Gasteiger partial charge in [-0.1, -0.05) is 12.1 Å². The number of alkyl halides is 4. The SMILES string of the molecule is COc1c(C(=O)Nc2cccc(C(C)(F)F)c2)c(C)nn1-c1ccc(OC(F)F)cc1. The number of hydrogen-bond acceptors (Lipinski definition) is 4. The van der Waals surface area contributed by atoms with Gasteiger partial charge in [0.25, 0.3) is 11.8 Å². The fourth-order valence-corrected chi connectivity index (χ4v) is 2.96. The summed E-state index contributed by atoms with van der Waals surface area (Å²) in [5.74, 6) is -3.60. The maximum Gasteiger partial charge on any atom is 0.387 e. The number of hydrogen-bond donors (Lipinski definition) is 1. The van der Waals surface area contributed by atoms with Gasteiger partial charge in [0.05, 0.1) is 18.5 Å². The van der Waals surface area contributed by atoms with Gasteiger partial charge >= 0.3 is 6.61 Å². The Hall–Kier alpha value is -3.56. The number of benzene rings is 2. The summed E-state index contributed by atoms with van der Waals surface area (Å²) in [7, 11) is 1.34. The number of ether oxygens (including phenoxy) is 2. The van der Waals surface area contributed by atoms with Crippen molar-refractivity contribution in [2.24, 2.45) is 0 Å². The van der Waals surface area contributed by atoms with Crippen molar-refractivity contribution >= 4 is 11.6 Å². The predicted molar refractivity (Wildman–Crippen MR) is 105 cm³/mol. The number of methoxy groups -OCH3 is 1. The summed E-state index contributed by atoms with van der Waals surface area (Å²) in [6.45, 7) is -0.601. The number of aromatic nitrogens is 2. The Kier molecular flexibility index (Phi) is 6.19. The van der Waals surface area contributed by atoms with Gasteiger partial charge in [0, 0.05) is 18.2 Å². The summed E-state index contributed by atoms with van der Waals surface area (Å²) >= 11 is 0. The molecule has 2 aromatic carbocycles. The smallest absolute Gasteiger partial charge is 0.387 e. The number of anilines is 1. The second kappa shape index (κ2) is 8.66. The van der Waals surface area contributed by atoms with Crippen LogP contribution in [0.25, 0.3) is 5.69 Å². The van der Waals surface area contributed by atoms with Gasteiger partial charge in [-0.2, -0.15) is 13.9 Å². The molecule has 10 heteroatoms. The van der Waals surface area contributed by atoms with Crippen molar-refractivity contribution in [2.75, 3.05) is 12.4 Å². The third-order valence-corrected chi connectivity index (χ3v) is 4.37. The molecule has 0 aliphatic heterocycles. The van der Waals surface area contributed by atoms with Crippen LogP contribution in [0, 0.1) is 6.92 Å². The third-order valence-electron chi connectivity index (χ3n) is 4.37. The number of nitrogens with one attached hydrogen (secondary N) is 1. The first-order valence-corrected chi connectivity index (χ1v) is 9.08. The second-order valence-corrected chi connectivity index (χ2v) is 6.68. The Bertz CT molecular complexity index is 1080. The van der Waals surface area contributed by atoms with Crippen LogP contribution in [0.4, 0.5) is 23.2 Å². The van der Waals surface area contributed by atoms with Crippen molar-refractivity contribution in [1.82, 2.24) is 9.78 Å². The van der Waals surface area contributed by atoms with Crippen LogP contribution >= 0.6 is 0 Å². The Morgan fingerprint density at radius 3 is 2.42 bits per heavy atom. The van der Waals surface area contributed by atoms with Crippen LogP contribution in [0.1, 0.15) is 28.5 Å². The van der Waals surface area contributed by atoms with E-state index in [9.17, 15) is 22.4 Å². The number of nitrogens with zero attached hydrogens (tertiary/aromatic N) is 2. The highest BCUT2D eigenvalue weighted by molar-refractivity contribution is 6.06. The van der Waals surface area contributed by atoms with Crippen LogP contribution in [0.5, 0.6) is 11.6 Å². The van der Waals surface area contributed by atoms with Crippen molar-refractivity contribution in [3.63, 3.8) is 0 Å². The molecule has 0 unspecified atom stereocenters. The highest BCUT2D eigenvalue weighted by atomic mass is 19.3. The summed E-state index contributed by atoms with van der Waals surface area (Å²) in [6.07, 6.45) is 0. The van der Waals surface area contributed by atoms with Gasteiger partial charge in [-0.3, -0.25) is 4.79 Å². The Labute approximate surface area is 175 Å². The molecule has 0 fully saturated rings. The first-order chi connectivity index (χ1) is 14.6. The Morgan fingerprint density at radius 1 is 1.16 bits per heavy atom. The lowest BCUT2D eigenvalue weighted by molar-refractivity contribution is -0.0498. The molecule has 1 heterocycles. The molecule has 0 spiro atoms. The average molecular weight is 437 g/mol. The minimum atomic E-state index is -3.06. The minimum Gasteiger partial charge on any atom is -0.480 e. The number of aryl methyl sites for hydroxylation is 1. The van der Waals surface area contributed by atoms with E-state index in [1.807, 2.05) is 0 Å². The van der Waals surface area contributed by atoms with Crippen LogP contribution < -0.4 is 14.8 Å². The monoisotopic (exact) mass is 437 g/mol. The fourth-order valence-electron chi connectivity index (χ4n) is 2.96. The first-order valence-electron chi connectivity index (χ1n) is 9.08. The molecular formula is C21H19F4N3O3. The van der Waals surface area contributed by atoms with Crippen molar-refractivity contribution in [1.29, 1.82) is 0 Å².